The van der Waals surface area contributed by atoms with Crippen molar-refractivity contribution in [1.29, 1.82) is 0 Å². The lowest BCUT2D eigenvalue weighted by Gasteiger charge is -2.04. The molecule has 5 aromatic rings. The van der Waals surface area contributed by atoms with E-state index < -0.39 is 0 Å². The Morgan fingerprint density at radius 1 is 1.07 bits per heavy atom. The van der Waals surface area contributed by atoms with Gasteiger partial charge in [-0.25, -0.2) is 4.98 Å². The summed E-state index contributed by atoms with van der Waals surface area (Å²) >= 11 is 0. The highest BCUT2D eigenvalue weighted by molar-refractivity contribution is 6.02. The van der Waals surface area contributed by atoms with Crippen molar-refractivity contribution in [3.05, 3.63) is 66.9 Å². The normalized spacial score (nSPS) is 10.9. The molecule has 3 heterocycles. The Labute approximate surface area is 163 Å². The third-order valence-electron chi connectivity index (χ3n) is 4.24. The summed E-state index contributed by atoms with van der Waals surface area (Å²) in [6.07, 6.45) is 4.64. The summed E-state index contributed by atoms with van der Waals surface area (Å²) in [7, 11) is 0. The van der Waals surface area contributed by atoms with Gasteiger partial charge >= 0.3 is 6.01 Å². The highest BCUT2D eigenvalue weighted by Crippen LogP contribution is 2.24. The van der Waals surface area contributed by atoms with Crippen molar-refractivity contribution in [3.63, 3.8) is 0 Å². The first kappa shape index (κ1) is 16.7. The fraction of sp³-hybridized carbons (Fsp3) is 0. The van der Waals surface area contributed by atoms with Crippen molar-refractivity contribution in [3.8, 4) is 11.4 Å². The summed E-state index contributed by atoms with van der Waals surface area (Å²) in [6.45, 7) is 0. The molecule has 10 nitrogen and oxygen atoms in total. The first-order valence-electron chi connectivity index (χ1n) is 8.69. The van der Waals surface area contributed by atoms with Gasteiger partial charge in [-0.1, -0.05) is 17.3 Å². The molecule has 0 atom stereocenters. The summed E-state index contributed by atoms with van der Waals surface area (Å²) < 4.78 is 5.30. The maximum absolute atomic E-state index is 12.2. The Bertz CT molecular complexity index is 1290. The number of benzene rings is 2. The van der Waals surface area contributed by atoms with Crippen molar-refractivity contribution in [2.75, 3.05) is 10.6 Å². The first-order chi connectivity index (χ1) is 14.2. The summed E-state index contributed by atoms with van der Waals surface area (Å²) in [6, 6.07) is 13.1. The molecule has 0 unspecified atom stereocenters. The molecule has 29 heavy (non-hydrogen) atoms. The summed E-state index contributed by atoms with van der Waals surface area (Å²) in [4.78, 5) is 23.1. The smallest absolute Gasteiger partial charge is 0.326 e. The molecule has 0 bridgehead atoms. The van der Waals surface area contributed by atoms with Gasteiger partial charge in [0.15, 0.2) is 0 Å². The Morgan fingerprint density at radius 3 is 2.93 bits per heavy atom. The quantitative estimate of drug-likeness (QED) is 0.363. The number of aromatic nitrogens is 6. The molecule has 142 valence electrons. The number of fused-ring (bicyclic) bond motifs is 1. The van der Waals surface area contributed by atoms with Crippen molar-refractivity contribution in [1.82, 2.24) is 30.3 Å². The van der Waals surface area contributed by atoms with E-state index in [0.717, 1.165) is 16.6 Å². The largest absolute Gasteiger partial charge is 0.341 e. The van der Waals surface area contributed by atoms with Crippen LogP contribution in [0, 0.1) is 0 Å². The minimum atomic E-state index is -0.287. The van der Waals surface area contributed by atoms with Crippen molar-refractivity contribution in [2.45, 2.75) is 0 Å². The molecule has 0 radical (unpaired) electrons. The van der Waals surface area contributed by atoms with E-state index in [4.69, 9.17) is 4.52 Å². The molecule has 0 aliphatic heterocycles. The fourth-order valence-corrected chi connectivity index (χ4v) is 2.85. The topological polar surface area (TPSA) is 137 Å². The van der Waals surface area contributed by atoms with Gasteiger partial charge in [0.05, 0.1) is 24.2 Å². The second kappa shape index (κ2) is 6.93. The molecule has 0 aliphatic carbocycles. The molecule has 10 heteroatoms. The number of aromatic amines is 2. The number of nitrogens with zero attached hydrogens (tertiary/aromatic N) is 4. The Hall–Kier alpha value is -4.47. The van der Waals surface area contributed by atoms with Crippen LogP contribution in [-0.2, 0) is 0 Å². The third-order valence-corrected chi connectivity index (χ3v) is 4.24. The lowest BCUT2D eigenvalue weighted by Crippen LogP contribution is -2.12. The van der Waals surface area contributed by atoms with Gasteiger partial charge in [0, 0.05) is 22.3 Å². The van der Waals surface area contributed by atoms with Gasteiger partial charge in [0.2, 0.25) is 5.82 Å². The van der Waals surface area contributed by atoms with Crippen LogP contribution in [0.4, 0.5) is 17.4 Å². The lowest BCUT2D eigenvalue weighted by molar-refractivity contribution is 0.102. The molecule has 5 rings (SSSR count). The zero-order chi connectivity index (χ0) is 19.6. The van der Waals surface area contributed by atoms with Gasteiger partial charge < -0.3 is 20.1 Å². The van der Waals surface area contributed by atoms with E-state index in [1.54, 1.807) is 24.4 Å². The zero-order valence-electron chi connectivity index (χ0n) is 14.9. The first-order valence-corrected chi connectivity index (χ1v) is 8.69. The number of hydrogen-bond donors (Lipinski definition) is 4. The number of H-pyrrole nitrogens is 2. The molecular formula is C19H14N8O2. The molecular weight excluding hydrogens is 372 g/mol. The van der Waals surface area contributed by atoms with E-state index in [9.17, 15) is 4.79 Å². The molecule has 0 spiro atoms. The van der Waals surface area contributed by atoms with Crippen LogP contribution in [-0.4, -0.2) is 36.2 Å². The summed E-state index contributed by atoms with van der Waals surface area (Å²) in [5, 5.41) is 17.7. The summed E-state index contributed by atoms with van der Waals surface area (Å²) in [5.41, 5.74) is 3.42. The second-order valence-electron chi connectivity index (χ2n) is 6.22. The van der Waals surface area contributed by atoms with Crippen LogP contribution in [0.25, 0.3) is 22.3 Å². The minimum absolute atomic E-state index is 0.259. The third kappa shape index (κ3) is 3.41. The maximum atomic E-state index is 12.2. The predicted molar refractivity (Wildman–Crippen MR) is 106 cm³/mol. The van der Waals surface area contributed by atoms with E-state index in [-0.39, 0.29) is 11.9 Å². The molecule has 3 aromatic heterocycles. The fourth-order valence-electron chi connectivity index (χ4n) is 2.85. The Balaban J connectivity index is 1.34. The highest BCUT2D eigenvalue weighted by Gasteiger charge is 2.12. The molecule has 2 aromatic carbocycles. The number of imidazole rings is 1. The van der Waals surface area contributed by atoms with Crippen LogP contribution in [0.1, 0.15) is 10.5 Å². The van der Waals surface area contributed by atoms with E-state index >= 15 is 0 Å². The Morgan fingerprint density at radius 2 is 2.03 bits per heavy atom. The van der Waals surface area contributed by atoms with E-state index in [2.05, 4.69) is 40.9 Å². The standard InChI is InChI=1S/C19H14N8O2/c28-18(16-9-20-10-21-16)23-13-3-1-2-11(6-13)17-25-19(29-27-17)24-14-4-5-15-12(7-14)8-22-26-15/h1-10H,(H,20,21)(H,22,26)(H,23,28)(H,24,25,27). The molecule has 4 N–H and O–H groups in total. The monoisotopic (exact) mass is 386 g/mol. The number of amides is 1. The van der Waals surface area contributed by atoms with Crippen LogP contribution in [0.15, 0.2) is 65.7 Å². The van der Waals surface area contributed by atoms with Gasteiger partial charge in [-0.15, -0.1) is 0 Å². The van der Waals surface area contributed by atoms with Crippen LogP contribution in [0.2, 0.25) is 0 Å². The van der Waals surface area contributed by atoms with Crippen LogP contribution >= 0.6 is 0 Å². The number of nitrogens with one attached hydrogen (secondary N) is 4. The van der Waals surface area contributed by atoms with Crippen LogP contribution < -0.4 is 10.6 Å². The molecule has 1 amide bonds. The predicted octanol–water partition coefficient (Wildman–Crippen LogP) is 3.33. The second-order valence-corrected chi connectivity index (χ2v) is 6.22. The molecule has 0 aliphatic rings. The van der Waals surface area contributed by atoms with Crippen LogP contribution in [0.3, 0.4) is 0 Å². The highest BCUT2D eigenvalue weighted by atomic mass is 16.5. The van der Waals surface area contributed by atoms with Gasteiger partial charge in [-0.3, -0.25) is 9.89 Å². The van der Waals surface area contributed by atoms with Gasteiger partial charge in [0.1, 0.15) is 5.69 Å². The number of carbonyl (C=O) groups excluding carboxylic acids is 1. The van der Waals surface area contributed by atoms with E-state index in [1.807, 2.05) is 24.3 Å². The van der Waals surface area contributed by atoms with Crippen molar-refractivity contribution < 1.29 is 9.32 Å². The summed E-state index contributed by atoms with van der Waals surface area (Å²) in [5.74, 6) is 0.110. The Kier molecular flexibility index (Phi) is 3.98. The molecule has 0 saturated carbocycles. The van der Waals surface area contributed by atoms with Gasteiger partial charge in [0.25, 0.3) is 5.91 Å². The lowest BCUT2D eigenvalue weighted by atomic mass is 10.2. The average Bonchev–Trinajstić information content (AvgIpc) is 3.49. The number of carbonyl (C=O) groups is 1. The maximum Gasteiger partial charge on any atom is 0.326 e. The van der Waals surface area contributed by atoms with Crippen LogP contribution in [0.5, 0.6) is 0 Å². The number of anilines is 3. The van der Waals surface area contributed by atoms with Crippen molar-refractivity contribution >= 4 is 34.2 Å². The van der Waals surface area contributed by atoms with Crippen molar-refractivity contribution in [2.24, 2.45) is 0 Å². The zero-order valence-corrected chi connectivity index (χ0v) is 14.9. The SMILES string of the molecule is O=C(Nc1cccc(-c2noc(Nc3ccc4[nH]ncc4c3)n2)c1)c1cnc[nH]1. The van der Waals surface area contributed by atoms with E-state index in [1.165, 1.54) is 12.5 Å². The van der Waals surface area contributed by atoms with Gasteiger partial charge in [-0.05, 0) is 30.3 Å². The average molecular weight is 386 g/mol. The number of hydrogen-bond acceptors (Lipinski definition) is 7. The molecule has 0 saturated heterocycles. The van der Waals surface area contributed by atoms with Gasteiger partial charge in [-0.2, -0.15) is 10.1 Å². The molecule has 0 fully saturated rings. The van der Waals surface area contributed by atoms with E-state index in [0.29, 0.717) is 22.8 Å². The minimum Gasteiger partial charge on any atom is -0.341 e. The number of rotatable bonds is 5.